The summed E-state index contributed by atoms with van der Waals surface area (Å²) < 4.78 is 11.2. The van der Waals surface area contributed by atoms with Crippen molar-refractivity contribution in [1.29, 1.82) is 0 Å². The molecule has 1 atom stereocenters. The van der Waals surface area contributed by atoms with E-state index in [2.05, 4.69) is 5.32 Å². The van der Waals surface area contributed by atoms with Gasteiger partial charge in [0.15, 0.2) is 6.10 Å². The molecule has 0 bridgehead atoms. The van der Waals surface area contributed by atoms with Crippen LogP contribution in [0.2, 0.25) is 5.02 Å². The van der Waals surface area contributed by atoms with Gasteiger partial charge in [-0.2, -0.15) is 0 Å². The molecule has 132 valence electrons. The number of rotatable bonds is 4. The van der Waals surface area contributed by atoms with Crippen molar-refractivity contribution in [1.82, 2.24) is 5.32 Å². The van der Waals surface area contributed by atoms with E-state index in [-0.39, 0.29) is 5.91 Å². The number of methoxy groups -OCH3 is 1. The molecule has 4 nitrogen and oxygen atoms in total. The Morgan fingerprint density at radius 3 is 2.92 bits per heavy atom. The standard InChI is InChI=1S/C21H18ClNO3/c1-25-19-8-6-13-4-2-3-5-16(13)17(19)12-23-21(24)20-11-14-10-15(22)7-9-18(14)26-20/h2-10,20H,11-12H2,1H3,(H,23,24). The monoisotopic (exact) mass is 367 g/mol. The molecular weight excluding hydrogens is 350 g/mol. The van der Waals surface area contributed by atoms with Crippen LogP contribution in [0.5, 0.6) is 11.5 Å². The number of nitrogens with one attached hydrogen (secondary N) is 1. The van der Waals surface area contributed by atoms with Gasteiger partial charge in [-0.1, -0.05) is 41.9 Å². The minimum atomic E-state index is -0.538. The molecule has 0 saturated carbocycles. The number of amides is 1. The maximum atomic E-state index is 12.6. The van der Waals surface area contributed by atoms with Crippen LogP contribution in [0.4, 0.5) is 0 Å². The van der Waals surface area contributed by atoms with Crippen LogP contribution in [0.3, 0.4) is 0 Å². The number of fused-ring (bicyclic) bond motifs is 2. The number of ether oxygens (including phenoxy) is 2. The lowest BCUT2D eigenvalue weighted by atomic mass is 10.0. The fourth-order valence-corrected chi connectivity index (χ4v) is 3.54. The van der Waals surface area contributed by atoms with Crippen molar-refractivity contribution in [3.8, 4) is 11.5 Å². The van der Waals surface area contributed by atoms with Gasteiger partial charge >= 0.3 is 0 Å². The SMILES string of the molecule is COc1ccc2ccccc2c1CNC(=O)C1Cc2cc(Cl)ccc2O1. The molecule has 3 aromatic rings. The van der Waals surface area contributed by atoms with E-state index in [1.165, 1.54) is 0 Å². The van der Waals surface area contributed by atoms with Crippen molar-refractivity contribution in [3.63, 3.8) is 0 Å². The molecule has 0 fully saturated rings. The summed E-state index contributed by atoms with van der Waals surface area (Å²) >= 11 is 6.01. The molecule has 0 saturated heterocycles. The molecule has 1 amide bonds. The topological polar surface area (TPSA) is 47.6 Å². The van der Waals surface area contributed by atoms with Gasteiger partial charge in [0.25, 0.3) is 5.91 Å². The maximum Gasteiger partial charge on any atom is 0.261 e. The third kappa shape index (κ3) is 3.08. The Morgan fingerprint density at radius 1 is 1.23 bits per heavy atom. The predicted molar refractivity (Wildman–Crippen MR) is 102 cm³/mol. The van der Waals surface area contributed by atoms with Crippen LogP contribution in [-0.2, 0) is 17.8 Å². The minimum absolute atomic E-state index is 0.146. The van der Waals surface area contributed by atoms with Gasteiger partial charge < -0.3 is 14.8 Å². The van der Waals surface area contributed by atoms with Crippen LogP contribution >= 0.6 is 11.6 Å². The highest BCUT2D eigenvalue weighted by atomic mass is 35.5. The molecular formula is C21H18ClNO3. The zero-order valence-corrected chi connectivity index (χ0v) is 15.0. The van der Waals surface area contributed by atoms with Gasteiger partial charge in [0, 0.05) is 23.6 Å². The zero-order valence-electron chi connectivity index (χ0n) is 14.3. The van der Waals surface area contributed by atoms with Gasteiger partial charge in [-0.3, -0.25) is 4.79 Å². The summed E-state index contributed by atoms with van der Waals surface area (Å²) in [5, 5.41) is 5.80. The Bertz CT molecular complexity index is 986. The smallest absolute Gasteiger partial charge is 0.261 e. The first-order valence-electron chi connectivity index (χ1n) is 8.43. The van der Waals surface area contributed by atoms with Crippen LogP contribution in [0, 0.1) is 0 Å². The molecule has 1 aliphatic rings. The molecule has 0 aliphatic carbocycles. The summed E-state index contributed by atoms with van der Waals surface area (Å²) in [5.41, 5.74) is 1.91. The lowest BCUT2D eigenvalue weighted by Gasteiger charge is -2.15. The van der Waals surface area contributed by atoms with Crippen LogP contribution in [-0.4, -0.2) is 19.1 Å². The molecule has 3 aromatic carbocycles. The molecule has 0 spiro atoms. The largest absolute Gasteiger partial charge is 0.496 e. The van der Waals surface area contributed by atoms with Crippen molar-refractivity contribution in [2.24, 2.45) is 0 Å². The fraction of sp³-hybridized carbons (Fsp3) is 0.190. The summed E-state index contributed by atoms with van der Waals surface area (Å²) in [5.74, 6) is 1.33. The van der Waals surface area contributed by atoms with Crippen molar-refractivity contribution in [3.05, 3.63) is 70.7 Å². The number of carbonyl (C=O) groups excluding carboxylic acids is 1. The summed E-state index contributed by atoms with van der Waals surface area (Å²) in [6.07, 6.45) is -0.0153. The van der Waals surface area contributed by atoms with E-state index in [0.29, 0.717) is 18.0 Å². The van der Waals surface area contributed by atoms with E-state index in [1.807, 2.05) is 42.5 Å². The van der Waals surface area contributed by atoms with Crippen LogP contribution in [0.1, 0.15) is 11.1 Å². The van der Waals surface area contributed by atoms with Crippen molar-refractivity contribution in [2.45, 2.75) is 19.1 Å². The van der Waals surface area contributed by atoms with Crippen LogP contribution in [0.15, 0.2) is 54.6 Å². The van der Waals surface area contributed by atoms with Gasteiger partial charge in [-0.05, 0) is 40.6 Å². The molecule has 5 heteroatoms. The Labute approximate surface area is 156 Å². The Balaban J connectivity index is 1.51. The lowest BCUT2D eigenvalue weighted by molar-refractivity contribution is -0.127. The summed E-state index contributed by atoms with van der Waals surface area (Å²) in [6.45, 7) is 0.375. The second-order valence-corrected chi connectivity index (χ2v) is 6.68. The van der Waals surface area contributed by atoms with E-state index in [1.54, 1.807) is 19.2 Å². The van der Waals surface area contributed by atoms with Gasteiger partial charge in [0.1, 0.15) is 11.5 Å². The summed E-state index contributed by atoms with van der Waals surface area (Å²) in [6, 6.07) is 17.4. The van der Waals surface area contributed by atoms with E-state index in [9.17, 15) is 4.79 Å². The second kappa shape index (κ2) is 6.89. The number of hydrogen-bond donors (Lipinski definition) is 1. The Kier molecular flexibility index (Phi) is 4.43. The van der Waals surface area contributed by atoms with Gasteiger partial charge in [0.2, 0.25) is 0 Å². The number of carbonyl (C=O) groups is 1. The number of benzene rings is 3. The van der Waals surface area contributed by atoms with E-state index in [4.69, 9.17) is 21.1 Å². The van der Waals surface area contributed by atoms with Gasteiger partial charge in [0.05, 0.1) is 7.11 Å². The van der Waals surface area contributed by atoms with E-state index in [0.717, 1.165) is 33.4 Å². The zero-order chi connectivity index (χ0) is 18.1. The van der Waals surface area contributed by atoms with E-state index >= 15 is 0 Å². The molecule has 1 unspecified atom stereocenters. The fourth-order valence-electron chi connectivity index (χ4n) is 3.34. The molecule has 4 rings (SSSR count). The molecule has 26 heavy (non-hydrogen) atoms. The Hall–Kier alpha value is -2.72. The van der Waals surface area contributed by atoms with Crippen molar-refractivity contribution < 1.29 is 14.3 Å². The second-order valence-electron chi connectivity index (χ2n) is 6.25. The lowest BCUT2D eigenvalue weighted by Crippen LogP contribution is -2.37. The molecule has 1 aliphatic heterocycles. The molecule has 0 radical (unpaired) electrons. The number of halogens is 1. The third-order valence-corrected chi connectivity index (χ3v) is 4.88. The van der Waals surface area contributed by atoms with Gasteiger partial charge in [-0.25, -0.2) is 0 Å². The third-order valence-electron chi connectivity index (χ3n) is 4.65. The van der Waals surface area contributed by atoms with Crippen LogP contribution in [0.25, 0.3) is 10.8 Å². The highest BCUT2D eigenvalue weighted by Gasteiger charge is 2.29. The average molecular weight is 368 g/mol. The quantitative estimate of drug-likeness (QED) is 0.754. The molecule has 1 N–H and O–H groups in total. The van der Waals surface area contributed by atoms with Crippen LogP contribution < -0.4 is 14.8 Å². The normalized spacial score (nSPS) is 15.4. The van der Waals surface area contributed by atoms with Crippen molar-refractivity contribution in [2.75, 3.05) is 7.11 Å². The highest BCUT2D eigenvalue weighted by Crippen LogP contribution is 2.31. The van der Waals surface area contributed by atoms with Gasteiger partial charge in [-0.15, -0.1) is 0 Å². The first-order valence-corrected chi connectivity index (χ1v) is 8.81. The van der Waals surface area contributed by atoms with E-state index < -0.39 is 6.10 Å². The minimum Gasteiger partial charge on any atom is -0.496 e. The first kappa shape index (κ1) is 16.7. The number of hydrogen-bond acceptors (Lipinski definition) is 3. The average Bonchev–Trinajstić information content (AvgIpc) is 3.09. The first-order chi connectivity index (χ1) is 12.7. The molecule has 0 aromatic heterocycles. The molecule has 1 heterocycles. The predicted octanol–water partition coefficient (Wildman–Crippen LogP) is 4.12. The summed E-state index contributed by atoms with van der Waals surface area (Å²) in [7, 11) is 1.63. The maximum absolute atomic E-state index is 12.6. The Morgan fingerprint density at radius 2 is 2.08 bits per heavy atom. The summed E-state index contributed by atoms with van der Waals surface area (Å²) in [4.78, 5) is 12.6. The highest BCUT2D eigenvalue weighted by molar-refractivity contribution is 6.30. The van der Waals surface area contributed by atoms with Crippen molar-refractivity contribution >= 4 is 28.3 Å².